The number of benzene rings is 1. The van der Waals surface area contributed by atoms with E-state index < -0.39 is 11.7 Å². The van der Waals surface area contributed by atoms with Gasteiger partial charge in [-0.1, -0.05) is 0 Å². The average molecular weight is 439 g/mol. The number of nitrogens with zero attached hydrogens (tertiary/aromatic N) is 5. The van der Waals surface area contributed by atoms with E-state index in [2.05, 4.69) is 15.0 Å². The number of hydrogen-bond donors (Lipinski definition) is 0. The van der Waals surface area contributed by atoms with Crippen LogP contribution in [0.2, 0.25) is 0 Å². The zero-order valence-corrected chi connectivity index (χ0v) is 17.0. The van der Waals surface area contributed by atoms with Gasteiger partial charge in [-0.3, -0.25) is 4.98 Å². The Morgan fingerprint density at radius 3 is 2.66 bits per heavy atom. The maximum Gasteiger partial charge on any atom is 0.419 e. The topological polar surface area (TPSA) is 85.9 Å². The molecule has 4 aromatic rings. The van der Waals surface area contributed by atoms with E-state index in [1.807, 2.05) is 6.07 Å². The Labute approximate surface area is 180 Å². The highest BCUT2D eigenvalue weighted by Crippen LogP contribution is 2.39. The number of halogens is 3. The Morgan fingerprint density at radius 2 is 1.94 bits per heavy atom. The first-order chi connectivity index (χ1) is 15.3. The number of hydrogen-bond acceptors (Lipinski definition) is 6. The summed E-state index contributed by atoms with van der Waals surface area (Å²) in [7, 11) is 3.21. The van der Waals surface area contributed by atoms with Crippen molar-refractivity contribution in [2.45, 2.75) is 12.8 Å². The summed E-state index contributed by atoms with van der Waals surface area (Å²) in [5.74, 6) is 0.183. The zero-order valence-electron chi connectivity index (χ0n) is 17.0. The Morgan fingerprint density at radius 1 is 1.12 bits per heavy atom. The molecule has 1 aromatic carbocycles. The maximum absolute atomic E-state index is 13.8. The van der Waals surface area contributed by atoms with Gasteiger partial charge in [-0.15, -0.1) is 0 Å². The lowest BCUT2D eigenvalue weighted by Crippen LogP contribution is -2.09. The highest BCUT2D eigenvalue weighted by atomic mass is 19.4. The molecule has 0 radical (unpaired) electrons. The van der Waals surface area contributed by atoms with E-state index in [1.54, 1.807) is 29.8 Å². The lowest BCUT2D eigenvalue weighted by molar-refractivity contribution is -0.139. The molecule has 0 saturated heterocycles. The number of aryl methyl sites for hydroxylation is 1. The number of pyridine rings is 2. The first-order valence-electron chi connectivity index (χ1n) is 9.35. The van der Waals surface area contributed by atoms with Gasteiger partial charge in [0.25, 0.3) is 0 Å². The minimum atomic E-state index is -4.66. The molecule has 3 aromatic heterocycles. The van der Waals surface area contributed by atoms with Gasteiger partial charge in [0.1, 0.15) is 29.7 Å². The predicted molar refractivity (Wildman–Crippen MR) is 109 cm³/mol. The number of imidazole rings is 1. The van der Waals surface area contributed by atoms with Gasteiger partial charge in [-0.25, -0.2) is 9.97 Å². The molecule has 0 amide bonds. The van der Waals surface area contributed by atoms with Crippen molar-refractivity contribution in [2.75, 3.05) is 7.11 Å². The van der Waals surface area contributed by atoms with Crippen LogP contribution in [0.3, 0.4) is 0 Å². The molecule has 7 nitrogen and oxygen atoms in total. The third-order valence-electron chi connectivity index (χ3n) is 4.80. The number of fused-ring (bicyclic) bond motifs is 1. The van der Waals surface area contributed by atoms with E-state index in [4.69, 9.17) is 9.47 Å². The third kappa shape index (κ3) is 4.05. The largest absolute Gasteiger partial charge is 0.497 e. The summed E-state index contributed by atoms with van der Waals surface area (Å²) in [6, 6.07) is 10.4. The summed E-state index contributed by atoms with van der Waals surface area (Å²) < 4.78 is 53.6. The van der Waals surface area contributed by atoms with E-state index >= 15 is 0 Å². The predicted octanol–water partition coefficient (Wildman–Crippen LogP) is 4.51. The molecular formula is C22H16F3N5O2. The molecule has 162 valence electrons. The second-order valence-corrected chi connectivity index (χ2v) is 6.88. The van der Waals surface area contributed by atoms with Gasteiger partial charge in [0, 0.05) is 24.9 Å². The summed E-state index contributed by atoms with van der Waals surface area (Å²) in [6.07, 6.45) is -1.66. The highest BCUT2D eigenvalue weighted by molar-refractivity contribution is 5.84. The first-order valence-corrected chi connectivity index (χ1v) is 9.35. The van der Waals surface area contributed by atoms with Crippen molar-refractivity contribution in [2.24, 2.45) is 7.05 Å². The van der Waals surface area contributed by atoms with Crippen LogP contribution in [0.1, 0.15) is 17.0 Å². The van der Waals surface area contributed by atoms with Crippen LogP contribution in [0.15, 0.2) is 48.9 Å². The highest BCUT2D eigenvalue weighted by Gasteiger charge is 2.35. The molecule has 0 aliphatic heterocycles. The summed E-state index contributed by atoms with van der Waals surface area (Å²) >= 11 is 0. The van der Waals surface area contributed by atoms with E-state index in [1.165, 1.54) is 31.8 Å². The number of ether oxygens (including phenoxy) is 2. The summed E-state index contributed by atoms with van der Waals surface area (Å²) in [4.78, 5) is 12.4. The van der Waals surface area contributed by atoms with Crippen LogP contribution < -0.4 is 9.47 Å². The van der Waals surface area contributed by atoms with Gasteiger partial charge in [-0.2, -0.15) is 18.4 Å². The van der Waals surface area contributed by atoms with E-state index in [-0.39, 0.29) is 29.3 Å². The number of alkyl halides is 3. The van der Waals surface area contributed by atoms with Crippen molar-refractivity contribution < 1.29 is 22.6 Å². The zero-order chi connectivity index (χ0) is 22.9. The molecular weight excluding hydrogens is 423 g/mol. The van der Waals surface area contributed by atoms with Crippen LogP contribution in [0.4, 0.5) is 13.2 Å². The van der Waals surface area contributed by atoms with Crippen LogP contribution >= 0.6 is 0 Å². The standard InChI is InChI=1S/C22H16F3N5O2/c1-30-12-28-21-18(10-26)29-17(9-19(21)30)13-3-4-20(16(7-13)22(23,24)25)32-11-14-8-15(31-2)5-6-27-14/h3-9,12H,11H2,1-2H3. The van der Waals surface area contributed by atoms with Crippen molar-refractivity contribution in [3.05, 3.63) is 65.9 Å². The van der Waals surface area contributed by atoms with Crippen molar-refractivity contribution in [1.82, 2.24) is 19.5 Å². The van der Waals surface area contributed by atoms with Crippen molar-refractivity contribution in [3.8, 4) is 28.8 Å². The second kappa shape index (κ2) is 8.19. The smallest absolute Gasteiger partial charge is 0.419 e. The number of methoxy groups -OCH3 is 1. The fraction of sp³-hybridized carbons (Fsp3) is 0.182. The van der Waals surface area contributed by atoms with Gasteiger partial charge < -0.3 is 14.0 Å². The Balaban J connectivity index is 1.72. The molecule has 0 N–H and O–H groups in total. The Hall–Kier alpha value is -4.13. The molecule has 32 heavy (non-hydrogen) atoms. The van der Waals surface area contributed by atoms with Crippen LogP contribution in [-0.4, -0.2) is 26.6 Å². The quantitative estimate of drug-likeness (QED) is 0.455. The lowest BCUT2D eigenvalue weighted by Gasteiger charge is -2.15. The molecule has 0 unspecified atom stereocenters. The fourth-order valence-corrected chi connectivity index (χ4v) is 3.20. The minimum Gasteiger partial charge on any atom is -0.497 e. The van der Waals surface area contributed by atoms with Gasteiger partial charge >= 0.3 is 6.18 Å². The van der Waals surface area contributed by atoms with E-state index in [9.17, 15) is 18.4 Å². The molecule has 0 fully saturated rings. The first kappa shape index (κ1) is 21.1. The molecule has 4 rings (SSSR count). The van der Waals surface area contributed by atoms with Gasteiger partial charge in [0.15, 0.2) is 5.69 Å². The van der Waals surface area contributed by atoms with Gasteiger partial charge in [0.2, 0.25) is 0 Å². The van der Waals surface area contributed by atoms with Crippen LogP contribution in [0.5, 0.6) is 11.5 Å². The van der Waals surface area contributed by atoms with Crippen molar-refractivity contribution >= 4 is 11.0 Å². The summed E-state index contributed by atoms with van der Waals surface area (Å²) in [5, 5.41) is 9.38. The molecule has 10 heteroatoms. The molecule has 0 aliphatic carbocycles. The molecule has 0 saturated carbocycles. The van der Waals surface area contributed by atoms with Crippen LogP contribution in [0.25, 0.3) is 22.3 Å². The number of aromatic nitrogens is 4. The summed E-state index contributed by atoms with van der Waals surface area (Å²) in [5.41, 5.74) is 0.904. The molecule has 0 aliphatic rings. The molecule has 0 bridgehead atoms. The van der Waals surface area contributed by atoms with Crippen molar-refractivity contribution in [3.63, 3.8) is 0 Å². The SMILES string of the molecule is COc1ccnc(COc2ccc(-c3cc4c(ncn4C)c(C#N)n3)cc2C(F)(F)F)c1. The van der Waals surface area contributed by atoms with Crippen molar-refractivity contribution in [1.29, 1.82) is 5.26 Å². The number of rotatable bonds is 5. The lowest BCUT2D eigenvalue weighted by atomic mass is 10.1. The monoisotopic (exact) mass is 439 g/mol. The molecule has 0 atom stereocenters. The fourth-order valence-electron chi connectivity index (χ4n) is 3.20. The molecule has 3 heterocycles. The maximum atomic E-state index is 13.8. The van der Waals surface area contributed by atoms with E-state index in [0.717, 1.165) is 6.07 Å². The normalized spacial score (nSPS) is 11.4. The van der Waals surface area contributed by atoms with E-state index in [0.29, 0.717) is 22.5 Å². The minimum absolute atomic E-state index is 0.0380. The van der Waals surface area contributed by atoms with Crippen LogP contribution in [0, 0.1) is 11.3 Å². The third-order valence-corrected chi connectivity index (χ3v) is 4.80. The van der Waals surface area contributed by atoms with Gasteiger partial charge in [0.05, 0.1) is 35.9 Å². The Kier molecular flexibility index (Phi) is 5.40. The molecule has 0 spiro atoms. The second-order valence-electron chi connectivity index (χ2n) is 6.88. The van der Waals surface area contributed by atoms with Gasteiger partial charge in [-0.05, 0) is 30.3 Å². The summed E-state index contributed by atoms with van der Waals surface area (Å²) in [6.45, 7) is -0.169. The van der Waals surface area contributed by atoms with Crippen LogP contribution in [-0.2, 0) is 19.8 Å². The average Bonchev–Trinajstić information content (AvgIpc) is 3.17. The number of nitriles is 1. The Bertz CT molecular complexity index is 1340.